The normalized spacial score (nSPS) is 14.2. The number of carbonyl (C=O) groups excluding carboxylic acids is 5. The third kappa shape index (κ3) is 8.28. The summed E-state index contributed by atoms with van der Waals surface area (Å²) in [5.41, 5.74) is 1.50. The van der Waals surface area contributed by atoms with E-state index in [0.717, 1.165) is 19.3 Å². The van der Waals surface area contributed by atoms with Gasteiger partial charge in [-0.1, -0.05) is 25.8 Å². The highest BCUT2D eigenvalue weighted by atomic mass is 16.5. The highest BCUT2D eigenvalue weighted by Gasteiger charge is 2.36. The zero-order valence-corrected chi connectivity index (χ0v) is 24.1. The summed E-state index contributed by atoms with van der Waals surface area (Å²) in [6, 6.07) is 18.8. The lowest BCUT2D eigenvalue weighted by Gasteiger charge is -2.17. The van der Waals surface area contributed by atoms with Gasteiger partial charge in [-0.25, -0.2) is 9.59 Å². The fraction of sp³-hybridized carbons (Fsp3) is 0.303. The van der Waals surface area contributed by atoms with E-state index < -0.39 is 36.2 Å². The van der Waals surface area contributed by atoms with E-state index in [1.165, 1.54) is 36.3 Å². The zero-order chi connectivity index (χ0) is 30.8. The molecule has 10 heteroatoms. The molecule has 0 spiro atoms. The van der Waals surface area contributed by atoms with E-state index in [4.69, 9.17) is 18.9 Å². The second-order valence-electron chi connectivity index (χ2n) is 9.97. The third-order valence-electron chi connectivity index (χ3n) is 6.89. The van der Waals surface area contributed by atoms with Crippen molar-refractivity contribution in [1.29, 1.82) is 0 Å². The maximum Gasteiger partial charge on any atom is 0.343 e. The van der Waals surface area contributed by atoms with Gasteiger partial charge >= 0.3 is 17.9 Å². The first-order chi connectivity index (χ1) is 20.8. The fourth-order valence-electron chi connectivity index (χ4n) is 4.46. The van der Waals surface area contributed by atoms with Crippen molar-refractivity contribution in [3.63, 3.8) is 0 Å². The average molecular weight is 588 g/mol. The fourth-order valence-corrected chi connectivity index (χ4v) is 4.46. The van der Waals surface area contributed by atoms with Gasteiger partial charge in [0.05, 0.1) is 30.8 Å². The van der Waals surface area contributed by atoms with Crippen LogP contribution in [0.1, 0.15) is 63.7 Å². The number of hydrogen-bond acceptors (Lipinski definition) is 9. The minimum absolute atomic E-state index is 0.0540. The van der Waals surface area contributed by atoms with Gasteiger partial charge in [-0.2, -0.15) is 0 Å². The van der Waals surface area contributed by atoms with Gasteiger partial charge in [-0.05, 0) is 73.2 Å². The van der Waals surface area contributed by atoms with E-state index in [1.54, 1.807) is 48.5 Å². The molecule has 0 bridgehead atoms. The Labute approximate surface area is 249 Å². The number of unbranched alkanes of at least 4 members (excludes halogenated alkanes) is 2. The summed E-state index contributed by atoms with van der Waals surface area (Å²) in [6.07, 6.45) is 2.77. The molecule has 0 aromatic heterocycles. The average Bonchev–Trinajstić information content (AvgIpc) is 3.43. The number of ketones is 1. The molecule has 3 aromatic rings. The molecule has 1 atom stereocenters. The van der Waals surface area contributed by atoms with E-state index in [2.05, 4.69) is 6.92 Å². The second kappa shape index (κ2) is 14.8. The summed E-state index contributed by atoms with van der Waals surface area (Å²) in [4.78, 5) is 63.9. The Hall–Kier alpha value is -4.99. The molecule has 0 N–H and O–H groups in total. The van der Waals surface area contributed by atoms with Crippen molar-refractivity contribution < 1.29 is 42.9 Å². The van der Waals surface area contributed by atoms with Crippen molar-refractivity contribution in [2.45, 2.75) is 32.6 Å². The van der Waals surface area contributed by atoms with E-state index in [9.17, 15) is 24.0 Å². The summed E-state index contributed by atoms with van der Waals surface area (Å²) in [5, 5.41) is 0. The summed E-state index contributed by atoms with van der Waals surface area (Å²) in [5.74, 6) is -2.34. The number of carbonyl (C=O) groups is 5. The highest BCUT2D eigenvalue weighted by molar-refractivity contribution is 6.01. The Morgan fingerprint density at radius 3 is 2.23 bits per heavy atom. The topological polar surface area (TPSA) is 126 Å². The van der Waals surface area contributed by atoms with Crippen molar-refractivity contribution in [2.75, 3.05) is 31.8 Å². The van der Waals surface area contributed by atoms with Gasteiger partial charge in [0.2, 0.25) is 5.91 Å². The number of nitrogens with zero attached hydrogens (tertiary/aromatic N) is 1. The number of benzene rings is 3. The Kier molecular flexibility index (Phi) is 10.6. The molecule has 0 unspecified atom stereocenters. The van der Waals surface area contributed by atoms with Crippen molar-refractivity contribution in [3.8, 4) is 11.5 Å². The smallest absolute Gasteiger partial charge is 0.343 e. The molecule has 224 valence electrons. The van der Waals surface area contributed by atoms with E-state index in [0.29, 0.717) is 29.2 Å². The van der Waals surface area contributed by atoms with Crippen LogP contribution in [0.3, 0.4) is 0 Å². The quantitative estimate of drug-likeness (QED) is 0.117. The standard InChI is InChI=1S/C33H33NO9/c1-3-4-5-17-41-31(37)23-9-13-26(14-10-23)34-20-25(19-30(34)36)32(38)42-21-29(35)22-11-15-27(16-12-22)43-33(39)24-7-6-8-28(18-24)40-2/h6-16,18,25H,3-5,17,19-21H2,1-2H3/t25-/m1/s1. The minimum atomic E-state index is -0.734. The molecular weight excluding hydrogens is 554 g/mol. The Morgan fingerprint density at radius 2 is 1.53 bits per heavy atom. The van der Waals surface area contributed by atoms with Crippen LogP contribution in [-0.2, 0) is 19.1 Å². The first kappa shape index (κ1) is 31.0. The van der Waals surface area contributed by atoms with Gasteiger partial charge < -0.3 is 23.8 Å². The lowest BCUT2D eigenvalue weighted by atomic mass is 10.1. The molecular formula is C33H33NO9. The Balaban J connectivity index is 1.25. The van der Waals surface area contributed by atoms with Gasteiger partial charge in [0.25, 0.3) is 0 Å². The number of hydrogen-bond donors (Lipinski definition) is 0. The molecule has 1 heterocycles. The van der Waals surface area contributed by atoms with Crippen molar-refractivity contribution >= 4 is 35.3 Å². The summed E-state index contributed by atoms with van der Waals surface area (Å²) < 4.78 is 20.9. The maximum atomic E-state index is 12.7. The molecule has 1 aliphatic rings. The highest BCUT2D eigenvalue weighted by Crippen LogP contribution is 2.26. The molecule has 1 amide bonds. The zero-order valence-electron chi connectivity index (χ0n) is 24.1. The molecule has 1 aliphatic heterocycles. The molecule has 1 saturated heterocycles. The monoisotopic (exact) mass is 587 g/mol. The molecule has 0 radical (unpaired) electrons. The van der Waals surface area contributed by atoms with Crippen LogP contribution in [0.15, 0.2) is 72.8 Å². The number of anilines is 1. The lowest BCUT2D eigenvalue weighted by molar-refractivity contribution is -0.147. The Bertz CT molecular complexity index is 1460. The number of esters is 3. The predicted octanol–water partition coefficient (Wildman–Crippen LogP) is 5.04. The van der Waals surface area contributed by atoms with Crippen LogP contribution in [0, 0.1) is 5.92 Å². The van der Waals surface area contributed by atoms with Gasteiger partial charge in [0, 0.05) is 24.2 Å². The van der Waals surface area contributed by atoms with Gasteiger partial charge in [0.15, 0.2) is 12.4 Å². The number of amides is 1. The largest absolute Gasteiger partial charge is 0.497 e. The van der Waals surface area contributed by atoms with Crippen LogP contribution in [0.2, 0.25) is 0 Å². The van der Waals surface area contributed by atoms with Crippen molar-refractivity contribution in [3.05, 3.63) is 89.5 Å². The number of methoxy groups -OCH3 is 1. The van der Waals surface area contributed by atoms with Gasteiger partial charge in [-0.15, -0.1) is 0 Å². The van der Waals surface area contributed by atoms with Crippen LogP contribution in [0.25, 0.3) is 0 Å². The van der Waals surface area contributed by atoms with Crippen molar-refractivity contribution in [1.82, 2.24) is 0 Å². The van der Waals surface area contributed by atoms with E-state index in [1.807, 2.05) is 0 Å². The van der Waals surface area contributed by atoms with Gasteiger partial charge in [0.1, 0.15) is 11.5 Å². The first-order valence-electron chi connectivity index (χ1n) is 14.0. The summed E-state index contributed by atoms with van der Waals surface area (Å²) >= 11 is 0. The molecule has 0 aliphatic carbocycles. The summed E-state index contributed by atoms with van der Waals surface area (Å²) in [7, 11) is 1.50. The van der Waals surface area contributed by atoms with Crippen LogP contribution in [0.4, 0.5) is 5.69 Å². The van der Waals surface area contributed by atoms with E-state index >= 15 is 0 Å². The number of ether oxygens (including phenoxy) is 4. The Morgan fingerprint density at radius 1 is 0.814 bits per heavy atom. The SMILES string of the molecule is CCCCCOC(=O)c1ccc(N2C[C@H](C(=O)OCC(=O)c3ccc(OC(=O)c4cccc(OC)c4)cc3)CC2=O)cc1. The van der Waals surface area contributed by atoms with Crippen LogP contribution >= 0.6 is 0 Å². The first-order valence-corrected chi connectivity index (χ1v) is 14.0. The maximum absolute atomic E-state index is 12.7. The molecule has 4 rings (SSSR count). The van der Waals surface area contributed by atoms with Crippen molar-refractivity contribution in [2.24, 2.45) is 5.92 Å². The van der Waals surface area contributed by atoms with Gasteiger partial charge in [-0.3, -0.25) is 14.4 Å². The predicted molar refractivity (Wildman–Crippen MR) is 156 cm³/mol. The molecule has 0 saturated carbocycles. The molecule has 1 fully saturated rings. The number of rotatable bonds is 13. The number of Topliss-reactive ketones (excluding diaryl/α,β-unsaturated/α-hetero) is 1. The lowest BCUT2D eigenvalue weighted by Crippen LogP contribution is -2.27. The van der Waals surface area contributed by atoms with Crippen LogP contribution < -0.4 is 14.4 Å². The molecule has 10 nitrogen and oxygen atoms in total. The minimum Gasteiger partial charge on any atom is -0.497 e. The van der Waals surface area contributed by atoms with Crippen LogP contribution in [-0.4, -0.2) is 56.5 Å². The second-order valence-corrected chi connectivity index (χ2v) is 9.97. The van der Waals surface area contributed by atoms with E-state index in [-0.39, 0.29) is 30.2 Å². The van der Waals surface area contributed by atoms with Crippen LogP contribution in [0.5, 0.6) is 11.5 Å². The third-order valence-corrected chi connectivity index (χ3v) is 6.89. The molecule has 3 aromatic carbocycles. The summed E-state index contributed by atoms with van der Waals surface area (Å²) in [6.45, 7) is 2.02. The molecule has 43 heavy (non-hydrogen) atoms.